The maximum Gasteiger partial charge on any atom is 0.0777 e. The number of hydrogen-bond donors (Lipinski definition) is 1. The van der Waals surface area contributed by atoms with Gasteiger partial charge in [0.15, 0.2) is 0 Å². The van der Waals surface area contributed by atoms with Crippen LogP contribution < -0.4 is 5.73 Å². The van der Waals surface area contributed by atoms with Crippen LogP contribution in [-0.2, 0) is 4.74 Å². The number of piperidine rings is 1. The lowest BCUT2D eigenvalue weighted by molar-refractivity contribution is -0.0535. The highest BCUT2D eigenvalue weighted by atomic mass is 16.5. The van der Waals surface area contributed by atoms with Gasteiger partial charge in [-0.2, -0.15) is 0 Å². The van der Waals surface area contributed by atoms with Gasteiger partial charge in [0.05, 0.1) is 5.60 Å². The van der Waals surface area contributed by atoms with Crippen LogP contribution in [0.2, 0.25) is 0 Å². The normalized spacial score (nSPS) is 30.4. The van der Waals surface area contributed by atoms with Gasteiger partial charge in [0, 0.05) is 20.2 Å². The van der Waals surface area contributed by atoms with Crippen molar-refractivity contribution in [1.29, 1.82) is 0 Å². The highest BCUT2D eigenvalue weighted by Gasteiger charge is 2.31. The first-order valence-corrected chi connectivity index (χ1v) is 6.11. The molecule has 0 saturated carbocycles. The largest absolute Gasteiger partial charge is 0.377 e. The van der Waals surface area contributed by atoms with Crippen molar-refractivity contribution in [3.05, 3.63) is 0 Å². The van der Waals surface area contributed by atoms with Crippen molar-refractivity contribution in [2.24, 2.45) is 11.7 Å². The fourth-order valence-electron chi connectivity index (χ4n) is 2.37. The lowest BCUT2D eigenvalue weighted by Crippen LogP contribution is -2.49. The lowest BCUT2D eigenvalue weighted by atomic mass is 9.93. The topological polar surface area (TPSA) is 38.5 Å². The summed E-state index contributed by atoms with van der Waals surface area (Å²) in [5, 5.41) is 0. The summed E-state index contributed by atoms with van der Waals surface area (Å²) < 4.78 is 5.58. The third-order valence-corrected chi connectivity index (χ3v) is 3.66. The Bertz CT molecular complexity index is 182. The fraction of sp³-hybridized carbons (Fsp3) is 1.00. The third-order valence-electron chi connectivity index (χ3n) is 3.66. The molecule has 1 saturated heterocycles. The average molecular weight is 214 g/mol. The minimum absolute atomic E-state index is 0.0607. The Morgan fingerprint density at radius 3 is 2.80 bits per heavy atom. The fourth-order valence-corrected chi connectivity index (χ4v) is 2.37. The van der Waals surface area contributed by atoms with E-state index in [1.807, 2.05) is 7.11 Å². The van der Waals surface area contributed by atoms with E-state index >= 15 is 0 Å². The second-order valence-corrected chi connectivity index (χ2v) is 5.00. The number of nitrogens with zero attached hydrogens (tertiary/aromatic N) is 1. The zero-order chi connectivity index (χ0) is 11.3. The van der Waals surface area contributed by atoms with Crippen molar-refractivity contribution in [3.8, 4) is 0 Å². The van der Waals surface area contributed by atoms with E-state index in [0.29, 0.717) is 5.92 Å². The number of ether oxygens (including phenoxy) is 1. The molecule has 0 aromatic heterocycles. The molecular formula is C12H26N2O. The van der Waals surface area contributed by atoms with Crippen LogP contribution >= 0.6 is 0 Å². The van der Waals surface area contributed by atoms with Crippen molar-refractivity contribution in [2.75, 3.05) is 33.3 Å². The lowest BCUT2D eigenvalue weighted by Gasteiger charge is -2.40. The molecule has 1 aliphatic rings. The Kier molecular flexibility index (Phi) is 5.03. The van der Waals surface area contributed by atoms with Gasteiger partial charge in [0.2, 0.25) is 0 Å². The van der Waals surface area contributed by atoms with Crippen molar-refractivity contribution >= 4 is 0 Å². The van der Waals surface area contributed by atoms with Crippen molar-refractivity contribution in [2.45, 2.75) is 38.7 Å². The molecule has 0 aromatic carbocycles. The zero-order valence-corrected chi connectivity index (χ0v) is 10.5. The number of methoxy groups -OCH3 is 1. The first-order valence-electron chi connectivity index (χ1n) is 6.11. The van der Waals surface area contributed by atoms with Gasteiger partial charge in [-0.3, -0.25) is 0 Å². The van der Waals surface area contributed by atoms with Gasteiger partial charge < -0.3 is 15.4 Å². The summed E-state index contributed by atoms with van der Waals surface area (Å²) in [7, 11) is 1.82. The molecule has 0 amide bonds. The van der Waals surface area contributed by atoms with E-state index in [1.165, 1.54) is 25.8 Å². The maximum atomic E-state index is 5.74. The quantitative estimate of drug-likeness (QED) is 0.753. The van der Waals surface area contributed by atoms with Crippen molar-refractivity contribution in [1.82, 2.24) is 4.90 Å². The van der Waals surface area contributed by atoms with Gasteiger partial charge in [-0.15, -0.1) is 0 Å². The molecule has 0 bridgehead atoms. The van der Waals surface area contributed by atoms with E-state index in [4.69, 9.17) is 10.5 Å². The number of likely N-dealkylation sites (tertiary alicyclic amines) is 1. The van der Waals surface area contributed by atoms with E-state index in [-0.39, 0.29) is 5.60 Å². The number of nitrogens with two attached hydrogens (primary N) is 1. The molecule has 2 unspecified atom stereocenters. The molecule has 0 aromatic rings. The Balaban J connectivity index is 2.42. The Hall–Kier alpha value is -0.120. The summed E-state index contributed by atoms with van der Waals surface area (Å²) in [4.78, 5) is 2.51. The number of rotatable bonds is 5. The van der Waals surface area contributed by atoms with Crippen molar-refractivity contribution in [3.63, 3.8) is 0 Å². The molecule has 0 radical (unpaired) electrons. The molecule has 1 rings (SSSR count). The molecule has 2 N–H and O–H groups in total. The summed E-state index contributed by atoms with van der Waals surface area (Å²) in [6, 6.07) is 0. The minimum atomic E-state index is 0.0607. The minimum Gasteiger partial charge on any atom is -0.377 e. The van der Waals surface area contributed by atoms with Crippen LogP contribution in [0.15, 0.2) is 0 Å². The van der Waals surface area contributed by atoms with Gasteiger partial charge in [-0.1, -0.05) is 13.3 Å². The van der Waals surface area contributed by atoms with Crippen molar-refractivity contribution < 1.29 is 4.74 Å². The second kappa shape index (κ2) is 5.83. The second-order valence-electron chi connectivity index (χ2n) is 5.00. The Labute approximate surface area is 94.0 Å². The molecular weight excluding hydrogens is 188 g/mol. The van der Waals surface area contributed by atoms with Gasteiger partial charge in [0.25, 0.3) is 0 Å². The molecule has 2 atom stereocenters. The smallest absolute Gasteiger partial charge is 0.0777 e. The molecule has 90 valence electrons. The predicted molar refractivity (Wildman–Crippen MR) is 63.9 cm³/mol. The first kappa shape index (κ1) is 12.9. The molecule has 3 heteroatoms. The molecule has 1 fully saturated rings. The Morgan fingerprint density at radius 1 is 1.53 bits per heavy atom. The highest BCUT2D eigenvalue weighted by molar-refractivity contribution is 4.85. The molecule has 15 heavy (non-hydrogen) atoms. The van der Waals surface area contributed by atoms with E-state index in [9.17, 15) is 0 Å². The van der Waals surface area contributed by atoms with Gasteiger partial charge in [-0.05, 0) is 38.8 Å². The van der Waals surface area contributed by atoms with Crippen LogP contribution in [0.5, 0.6) is 0 Å². The summed E-state index contributed by atoms with van der Waals surface area (Å²) in [5.74, 6) is 0.643. The van der Waals surface area contributed by atoms with Crippen LogP contribution in [0.25, 0.3) is 0 Å². The predicted octanol–water partition coefficient (Wildman–Crippen LogP) is 1.47. The summed E-state index contributed by atoms with van der Waals surface area (Å²) in [6.07, 6.45) is 3.60. The standard InChI is InChI=1S/C12H26N2O/c1-4-11(8-13)9-14-7-5-6-12(2,10-14)15-3/h11H,4-10,13H2,1-3H3. The zero-order valence-electron chi connectivity index (χ0n) is 10.5. The molecule has 1 heterocycles. The van der Waals surface area contributed by atoms with Crippen LogP contribution in [-0.4, -0.2) is 43.8 Å². The van der Waals surface area contributed by atoms with Crippen LogP contribution in [0.1, 0.15) is 33.1 Å². The summed E-state index contributed by atoms with van der Waals surface area (Å²) in [6.45, 7) is 8.62. The summed E-state index contributed by atoms with van der Waals surface area (Å²) in [5.41, 5.74) is 5.80. The molecule has 3 nitrogen and oxygen atoms in total. The van der Waals surface area contributed by atoms with Gasteiger partial charge in [0.1, 0.15) is 0 Å². The van der Waals surface area contributed by atoms with E-state index in [1.54, 1.807) is 0 Å². The monoisotopic (exact) mass is 214 g/mol. The third kappa shape index (κ3) is 3.74. The van der Waals surface area contributed by atoms with Gasteiger partial charge in [-0.25, -0.2) is 0 Å². The van der Waals surface area contributed by atoms with E-state index < -0.39 is 0 Å². The molecule has 0 spiro atoms. The maximum absolute atomic E-state index is 5.74. The first-order chi connectivity index (χ1) is 7.13. The molecule has 0 aliphatic carbocycles. The summed E-state index contributed by atoms with van der Waals surface area (Å²) >= 11 is 0. The van der Waals surface area contributed by atoms with Gasteiger partial charge >= 0.3 is 0 Å². The molecule has 1 aliphatic heterocycles. The SMILES string of the molecule is CCC(CN)CN1CCCC(C)(OC)C1. The Morgan fingerprint density at radius 2 is 2.27 bits per heavy atom. The van der Waals surface area contributed by atoms with Crippen LogP contribution in [0.3, 0.4) is 0 Å². The highest BCUT2D eigenvalue weighted by Crippen LogP contribution is 2.24. The average Bonchev–Trinajstić information content (AvgIpc) is 2.26. The number of hydrogen-bond acceptors (Lipinski definition) is 3. The van der Waals surface area contributed by atoms with Crippen LogP contribution in [0.4, 0.5) is 0 Å². The van der Waals surface area contributed by atoms with Crippen LogP contribution in [0, 0.1) is 5.92 Å². The van der Waals surface area contributed by atoms with E-state index in [2.05, 4.69) is 18.7 Å². The van der Waals surface area contributed by atoms with E-state index in [0.717, 1.165) is 19.6 Å².